The molecule has 0 unspecified atom stereocenters. The second-order valence-corrected chi connectivity index (χ2v) is 8.65. The first-order chi connectivity index (χ1) is 14.6. The highest BCUT2D eigenvalue weighted by Gasteiger charge is 2.13. The van der Waals surface area contributed by atoms with E-state index in [-0.39, 0.29) is 11.3 Å². The van der Waals surface area contributed by atoms with Crippen LogP contribution in [0.1, 0.15) is 23.1 Å². The fourth-order valence-electron chi connectivity index (χ4n) is 2.62. The molecule has 2 aromatic rings. The molecule has 0 heterocycles. The molecular formula is C21H25N3O6S. The third kappa shape index (κ3) is 7.19. The van der Waals surface area contributed by atoms with Gasteiger partial charge in [0.05, 0.1) is 4.90 Å². The SMILES string of the molecule is CNS(=O)(=O)c1ccc(CCC(=O)OCC(=O)NC(=O)Nc2cccc(C)c2C)cc1. The highest BCUT2D eigenvalue weighted by molar-refractivity contribution is 7.89. The molecule has 0 aliphatic heterocycles. The van der Waals surface area contributed by atoms with Crippen molar-refractivity contribution in [1.82, 2.24) is 10.0 Å². The maximum absolute atomic E-state index is 11.9. The van der Waals surface area contributed by atoms with Crippen molar-refractivity contribution >= 4 is 33.6 Å². The van der Waals surface area contributed by atoms with Crippen LogP contribution >= 0.6 is 0 Å². The number of imide groups is 1. The number of esters is 1. The van der Waals surface area contributed by atoms with Gasteiger partial charge in [0.15, 0.2) is 6.61 Å². The minimum absolute atomic E-state index is 0.0000871. The lowest BCUT2D eigenvalue weighted by molar-refractivity contribution is -0.148. The smallest absolute Gasteiger partial charge is 0.325 e. The van der Waals surface area contributed by atoms with Crippen molar-refractivity contribution in [2.75, 3.05) is 19.0 Å². The summed E-state index contributed by atoms with van der Waals surface area (Å²) < 4.78 is 30.5. The zero-order valence-corrected chi connectivity index (χ0v) is 18.3. The topological polar surface area (TPSA) is 131 Å². The van der Waals surface area contributed by atoms with E-state index in [1.807, 2.05) is 19.9 Å². The van der Waals surface area contributed by atoms with Crippen LogP contribution in [0.5, 0.6) is 0 Å². The number of aryl methyl sites for hydroxylation is 2. The van der Waals surface area contributed by atoms with Crippen LogP contribution in [-0.4, -0.2) is 40.0 Å². The van der Waals surface area contributed by atoms with Gasteiger partial charge in [-0.1, -0.05) is 24.3 Å². The van der Waals surface area contributed by atoms with Gasteiger partial charge in [-0.05, 0) is 62.2 Å². The summed E-state index contributed by atoms with van der Waals surface area (Å²) in [4.78, 5) is 35.7. The predicted molar refractivity (Wildman–Crippen MR) is 115 cm³/mol. The summed E-state index contributed by atoms with van der Waals surface area (Å²) in [6, 6.07) is 10.8. The number of carbonyl (C=O) groups is 3. The Balaban J connectivity index is 1.75. The second-order valence-electron chi connectivity index (χ2n) is 6.76. The molecule has 0 fully saturated rings. The normalized spacial score (nSPS) is 10.9. The zero-order chi connectivity index (χ0) is 23.0. The summed E-state index contributed by atoms with van der Waals surface area (Å²) >= 11 is 0. The first-order valence-corrected chi connectivity index (χ1v) is 11.0. The molecule has 10 heteroatoms. The van der Waals surface area contributed by atoms with Crippen LogP contribution in [0.2, 0.25) is 0 Å². The number of anilines is 1. The second kappa shape index (κ2) is 10.7. The Hall–Kier alpha value is -3.24. The third-order valence-corrected chi connectivity index (χ3v) is 6.02. The van der Waals surface area contributed by atoms with E-state index >= 15 is 0 Å². The minimum atomic E-state index is -3.52. The fourth-order valence-corrected chi connectivity index (χ4v) is 3.35. The number of benzene rings is 2. The van der Waals surface area contributed by atoms with Crippen molar-refractivity contribution < 1.29 is 27.5 Å². The molecule has 0 aliphatic carbocycles. The number of rotatable bonds is 8. The van der Waals surface area contributed by atoms with Crippen LogP contribution in [0.25, 0.3) is 0 Å². The Morgan fingerprint density at radius 2 is 1.68 bits per heavy atom. The Morgan fingerprint density at radius 1 is 1.00 bits per heavy atom. The summed E-state index contributed by atoms with van der Waals surface area (Å²) in [5.41, 5.74) is 3.20. The quantitative estimate of drug-likeness (QED) is 0.531. The summed E-state index contributed by atoms with van der Waals surface area (Å²) in [7, 11) is -2.20. The summed E-state index contributed by atoms with van der Waals surface area (Å²) in [5.74, 6) is -1.37. The Morgan fingerprint density at radius 3 is 2.32 bits per heavy atom. The van der Waals surface area contributed by atoms with Crippen molar-refractivity contribution in [3.05, 3.63) is 59.2 Å². The number of hydrogen-bond donors (Lipinski definition) is 3. The molecular weight excluding hydrogens is 422 g/mol. The van der Waals surface area contributed by atoms with Crippen molar-refractivity contribution in [3.63, 3.8) is 0 Å². The van der Waals surface area contributed by atoms with Gasteiger partial charge in [-0.2, -0.15) is 0 Å². The summed E-state index contributed by atoms with van der Waals surface area (Å²) in [5, 5.41) is 4.68. The van der Waals surface area contributed by atoms with E-state index < -0.39 is 34.5 Å². The van der Waals surface area contributed by atoms with Gasteiger partial charge in [0.25, 0.3) is 5.91 Å². The largest absolute Gasteiger partial charge is 0.456 e. The van der Waals surface area contributed by atoms with Crippen LogP contribution < -0.4 is 15.4 Å². The Bertz CT molecular complexity index is 1070. The fraction of sp³-hybridized carbons (Fsp3) is 0.286. The van der Waals surface area contributed by atoms with Gasteiger partial charge < -0.3 is 10.1 Å². The lowest BCUT2D eigenvalue weighted by atomic mass is 10.1. The van der Waals surface area contributed by atoms with Crippen LogP contribution in [-0.2, 0) is 30.8 Å². The van der Waals surface area contributed by atoms with Crippen molar-refractivity contribution in [3.8, 4) is 0 Å². The highest BCUT2D eigenvalue weighted by Crippen LogP contribution is 2.17. The van der Waals surface area contributed by atoms with Crippen LogP contribution in [0, 0.1) is 13.8 Å². The van der Waals surface area contributed by atoms with Gasteiger partial charge in [-0.3, -0.25) is 14.9 Å². The molecule has 0 spiro atoms. The number of nitrogens with one attached hydrogen (secondary N) is 3. The number of sulfonamides is 1. The van der Waals surface area contributed by atoms with Gasteiger partial charge in [-0.15, -0.1) is 0 Å². The average Bonchev–Trinajstić information content (AvgIpc) is 2.74. The highest BCUT2D eigenvalue weighted by atomic mass is 32.2. The predicted octanol–water partition coefficient (Wildman–Crippen LogP) is 2.04. The molecule has 166 valence electrons. The van der Waals surface area contributed by atoms with Gasteiger partial charge >= 0.3 is 12.0 Å². The molecule has 3 amide bonds. The standard InChI is InChI=1S/C21H25N3O6S/c1-14-5-4-6-18(15(14)2)23-21(27)24-19(25)13-30-20(26)12-9-16-7-10-17(11-8-16)31(28,29)22-3/h4-8,10-11,22H,9,12-13H2,1-3H3,(H2,23,24,25,27). The Kier molecular flexibility index (Phi) is 8.29. The molecule has 0 saturated heterocycles. The maximum Gasteiger partial charge on any atom is 0.325 e. The maximum atomic E-state index is 11.9. The number of urea groups is 1. The van der Waals surface area contributed by atoms with E-state index in [4.69, 9.17) is 4.74 Å². The minimum Gasteiger partial charge on any atom is -0.456 e. The van der Waals surface area contributed by atoms with E-state index in [0.717, 1.165) is 16.7 Å². The summed E-state index contributed by atoms with van der Waals surface area (Å²) in [6.07, 6.45) is 0.313. The number of ether oxygens (including phenoxy) is 1. The van der Waals surface area contributed by atoms with Crippen LogP contribution in [0.3, 0.4) is 0 Å². The van der Waals surface area contributed by atoms with E-state index in [9.17, 15) is 22.8 Å². The van der Waals surface area contributed by atoms with Crippen molar-refractivity contribution in [2.24, 2.45) is 0 Å². The third-order valence-electron chi connectivity index (χ3n) is 4.59. The molecule has 0 radical (unpaired) electrons. The molecule has 0 bridgehead atoms. The summed E-state index contributed by atoms with van der Waals surface area (Å²) in [6.45, 7) is 3.17. The zero-order valence-electron chi connectivity index (χ0n) is 17.5. The molecule has 2 aromatic carbocycles. The van der Waals surface area contributed by atoms with E-state index in [0.29, 0.717) is 12.1 Å². The van der Waals surface area contributed by atoms with Gasteiger partial charge in [0.1, 0.15) is 0 Å². The molecule has 0 atom stereocenters. The number of hydrogen-bond acceptors (Lipinski definition) is 6. The first-order valence-electron chi connectivity index (χ1n) is 9.47. The van der Waals surface area contributed by atoms with Crippen molar-refractivity contribution in [2.45, 2.75) is 31.6 Å². The van der Waals surface area contributed by atoms with Crippen LogP contribution in [0.4, 0.5) is 10.5 Å². The monoisotopic (exact) mass is 447 g/mol. The molecule has 31 heavy (non-hydrogen) atoms. The lowest BCUT2D eigenvalue weighted by Gasteiger charge is -2.11. The molecule has 9 nitrogen and oxygen atoms in total. The van der Waals surface area contributed by atoms with Crippen LogP contribution in [0.15, 0.2) is 47.4 Å². The van der Waals surface area contributed by atoms with Gasteiger partial charge in [0, 0.05) is 12.1 Å². The molecule has 3 N–H and O–H groups in total. The average molecular weight is 448 g/mol. The lowest BCUT2D eigenvalue weighted by Crippen LogP contribution is -2.37. The first kappa shape index (κ1) is 24.0. The van der Waals surface area contributed by atoms with Gasteiger partial charge in [0.2, 0.25) is 10.0 Å². The van der Waals surface area contributed by atoms with E-state index in [1.165, 1.54) is 19.2 Å². The molecule has 0 saturated carbocycles. The van der Waals surface area contributed by atoms with E-state index in [2.05, 4.69) is 15.4 Å². The van der Waals surface area contributed by atoms with E-state index in [1.54, 1.807) is 24.3 Å². The number of carbonyl (C=O) groups excluding carboxylic acids is 3. The molecule has 2 rings (SSSR count). The molecule has 0 aromatic heterocycles. The Labute approximate surface area is 181 Å². The van der Waals surface area contributed by atoms with Crippen molar-refractivity contribution in [1.29, 1.82) is 0 Å². The number of amides is 3. The van der Waals surface area contributed by atoms with Gasteiger partial charge in [-0.25, -0.2) is 17.9 Å². The molecule has 0 aliphatic rings.